The first kappa shape index (κ1) is 16.7. The summed E-state index contributed by atoms with van der Waals surface area (Å²) >= 11 is 0. The van der Waals surface area contributed by atoms with Gasteiger partial charge >= 0.3 is 0 Å². The van der Waals surface area contributed by atoms with Crippen LogP contribution in [0, 0.1) is 23.3 Å². The first-order valence-electron chi connectivity index (χ1n) is 6.60. The number of carbonyl (C=O) groups excluding carboxylic acids is 2. The minimum Gasteiger partial charge on any atom is -0.352 e. The number of halogens is 4. The molecule has 1 amide bonds. The fraction of sp³-hybridized carbons (Fsp3) is 0.125. The van der Waals surface area contributed by atoms with Gasteiger partial charge < -0.3 is 5.32 Å². The highest BCUT2D eigenvalue weighted by atomic mass is 19.2. The third kappa shape index (κ3) is 3.56. The molecular weight excluding hydrogens is 314 g/mol. The van der Waals surface area contributed by atoms with Gasteiger partial charge in [-0.05, 0) is 18.1 Å². The molecule has 0 spiro atoms. The molecule has 3 nitrogen and oxygen atoms in total. The maximum Gasteiger partial charge on any atom is 0.254 e. The van der Waals surface area contributed by atoms with Crippen LogP contribution in [-0.4, -0.2) is 18.7 Å². The molecule has 23 heavy (non-hydrogen) atoms. The molecule has 0 unspecified atom stereocenters. The van der Waals surface area contributed by atoms with E-state index in [1.807, 2.05) is 0 Å². The van der Waals surface area contributed by atoms with Crippen LogP contribution >= 0.6 is 0 Å². The summed E-state index contributed by atoms with van der Waals surface area (Å²) in [4.78, 5) is 22.6. The van der Waals surface area contributed by atoms with Crippen molar-refractivity contribution in [1.82, 2.24) is 5.32 Å². The Bertz CT molecular complexity index is 762. The highest BCUT2D eigenvalue weighted by Gasteiger charge is 2.22. The van der Waals surface area contributed by atoms with Crippen molar-refractivity contribution in [3.8, 4) is 0 Å². The van der Waals surface area contributed by atoms with E-state index in [0.717, 1.165) is 0 Å². The third-order valence-electron chi connectivity index (χ3n) is 3.21. The summed E-state index contributed by atoms with van der Waals surface area (Å²) in [6.45, 7) is 0.00371. The minimum atomic E-state index is -2.04. The first-order chi connectivity index (χ1) is 11.0. The Morgan fingerprint density at radius 2 is 1.74 bits per heavy atom. The Labute approximate surface area is 128 Å². The molecule has 1 N–H and O–H groups in total. The smallest absolute Gasteiger partial charge is 0.254 e. The number of carbonyl (C=O) groups is 2. The topological polar surface area (TPSA) is 46.2 Å². The van der Waals surface area contributed by atoms with Crippen molar-refractivity contribution in [1.29, 1.82) is 0 Å². The number of amides is 1. The third-order valence-corrected chi connectivity index (χ3v) is 3.21. The van der Waals surface area contributed by atoms with Gasteiger partial charge in [0.1, 0.15) is 6.29 Å². The molecule has 7 heteroatoms. The largest absolute Gasteiger partial charge is 0.352 e. The summed E-state index contributed by atoms with van der Waals surface area (Å²) in [5.41, 5.74) is 0.164. The molecule has 2 aromatic carbocycles. The monoisotopic (exact) mass is 325 g/mol. The van der Waals surface area contributed by atoms with Crippen LogP contribution in [0.25, 0.3) is 0 Å². The fourth-order valence-corrected chi connectivity index (χ4v) is 2.02. The van der Waals surface area contributed by atoms with Gasteiger partial charge in [-0.15, -0.1) is 0 Å². The molecule has 120 valence electrons. The quantitative estimate of drug-likeness (QED) is 0.397. The predicted molar refractivity (Wildman–Crippen MR) is 74.1 cm³/mol. The number of benzene rings is 2. The van der Waals surface area contributed by atoms with Crippen LogP contribution in [0.2, 0.25) is 0 Å². The van der Waals surface area contributed by atoms with E-state index in [0.29, 0.717) is 23.5 Å². The van der Waals surface area contributed by atoms with Gasteiger partial charge in [0.25, 0.3) is 5.91 Å². The maximum atomic E-state index is 13.5. The van der Waals surface area contributed by atoms with Gasteiger partial charge in [-0.1, -0.05) is 24.3 Å². The first-order valence-corrected chi connectivity index (χ1v) is 6.60. The van der Waals surface area contributed by atoms with Crippen molar-refractivity contribution >= 4 is 12.2 Å². The lowest BCUT2D eigenvalue weighted by molar-refractivity contribution is 0.0948. The van der Waals surface area contributed by atoms with E-state index in [-0.39, 0.29) is 13.0 Å². The maximum absolute atomic E-state index is 13.5. The van der Waals surface area contributed by atoms with E-state index in [1.165, 1.54) is 0 Å². The van der Waals surface area contributed by atoms with Gasteiger partial charge in [-0.25, -0.2) is 17.6 Å². The SMILES string of the molecule is O=Cc1ccccc1CCNC(=O)c1cc(F)c(F)c(F)c1F. The molecular formula is C16H11F4NO2. The lowest BCUT2D eigenvalue weighted by atomic mass is 10.1. The van der Waals surface area contributed by atoms with E-state index in [1.54, 1.807) is 24.3 Å². The second-order valence-corrected chi connectivity index (χ2v) is 4.67. The van der Waals surface area contributed by atoms with Gasteiger partial charge in [0, 0.05) is 12.1 Å². The molecule has 0 heterocycles. The van der Waals surface area contributed by atoms with Crippen LogP contribution in [0.4, 0.5) is 17.6 Å². The second-order valence-electron chi connectivity index (χ2n) is 4.67. The fourth-order valence-electron chi connectivity index (χ4n) is 2.02. The molecule has 2 aromatic rings. The number of hydrogen-bond donors (Lipinski definition) is 1. The van der Waals surface area contributed by atoms with Gasteiger partial charge in [-0.3, -0.25) is 9.59 Å². The summed E-state index contributed by atoms with van der Waals surface area (Å²) in [7, 11) is 0. The Kier molecular flexibility index (Phi) is 5.10. The number of nitrogens with one attached hydrogen (secondary N) is 1. The van der Waals surface area contributed by atoms with Crippen LogP contribution in [0.5, 0.6) is 0 Å². The van der Waals surface area contributed by atoms with E-state index in [9.17, 15) is 27.2 Å². The van der Waals surface area contributed by atoms with Crippen LogP contribution in [0.1, 0.15) is 26.3 Å². The highest BCUT2D eigenvalue weighted by Crippen LogP contribution is 2.18. The van der Waals surface area contributed by atoms with Crippen molar-refractivity contribution in [2.24, 2.45) is 0 Å². The molecule has 2 rings (SSSR count). The standard InChI is InChI=1S/C16H11F4NO2/c17-12-7-11(13(18)15(20)14(12)19)16(23)21-6-5-9-3-1-2-4-10(9)8-22/h1-4,7-8H,5-6H2,(H,21,23). The number of aldehydes is 1. The average molecular weight is 325 g/mol. The summed E-state index contributed by atoms with van der Waals surface area (Å²) in [5.74, 6) is -8.50. The summed E-state index contributed by atoms with van der Waals surface area (Å²) in [6.07, 6.45) is 0.913. The number of rotatable bonds is 5. The Morgan fingerprint density at radius 3 is 2.43 bits per heavy atom. The molecule has 0 fully saturated rings. The second kappa shape index (κ2) is 7.04. The molecule has 0 aliphatic carbocycles. The van der Waals surface area contributed by atoms with E-state index >= 15 is 0 Å². The van der Waals surface area contributed by atoms with Crippen molar-refractivity contribution in [2.75, 3.05) is 6.54 Å². The Morgan fingerprint density at radius 1 is 1.04 bits per heavy atom. The zero-order chi connectivity index (χ0) is 17.0. The van der Waals surface area contributed by atoms with E-state index in [2.05, 4.69) is 5.32 Å². The molecule has 0 saturated heterocycles. The number of hydrogen-bond acceptors (Lipinski definition) is 2. The Hall–Kier alpha value is -2.70. The molecule has 0 aliphatic heterocycles. The molecule has 0 bridgehead atoms. The minimum absolute atomic E-state index is 0.00371. The van der Waals surface area contributed by atoms with Crippen LogP contribution in [0.15, 0.2) is 30.3 Å². The zero-order valence-corrected chi connectivity index (χ0v) is 11.7. The predicted octanol–water partition coefficient (Wildman–Crippen LogP) is 3.03. The molecule has 0 atom stereocenters. The lowest BCUT2D eigenvalue weighted by Crippen LogP contribution is -2.27. The highest BCUT2D eigenvalue weighted by molar-refractivity contribution is 5.94. The van der Waals surface area contributed by atoms with Crippen molar-refractivity contribution in [2.45, 2.75) is 6.42 Å². The summed E-state index contributed by atoms with van der Waals surface area (Å²) < 4.78 is 52.5. The van der Waals surface area contributed by atoms with Gasteiger partial charge in [0.2, 0.25) is 0 Å². The van der Waals surface area contributed by atoms with Crippen molar-refractivity contribution in [3.05, 3.63) is 70.3 Å². The normalized spacial score (nSPS) is 10.4. The Balaban J connectivity index is 2.07. The van der Waals surface area contributed by atoms with Gasteiger partial charge in [0.05, 0.1) is 5.56 Å². The zero-order valence-electron chi connectivity index (χ0n) is 11.7. The molecule has 0 aliphatic rings. The van der Waals surface area contributed by atoms with Crippen LogP contribution < -0.4 is 5.32 Å². The van der Waals surface area contributed by atoms with E-state index in [4.69, 9.17) is 0 Å². The average Bonchev–Trinajstić information content (AvgIpc) is 2.56. The van der Waals surface area contributed by atoms with Crippen molar-refractivity contribution in [3.63, 3.8) is 0 Å². The summed E-state index contributed by atoms with van der Waals surface area (Å²) in [5, 5.41) is 2.26. The molecule has 0 saturated carbocycles. The summed E-state index contributed by atoms with van der Waals surface area (Å²) in [6, 6.07) is 6.94. The van der Waals surface area contributed by atoms with Crippen LogP contribution in [0.3, 0.4) is 0 Å². The molecule has 0 radical (unpaired) electrons. The lowest BCUT2D eigenvalue weighted by Gasteiger charge is -2.08. The van der Waals surface area contributed by atoms with Crippen LogP contribution in [-0.2, 0) is 6.42 Å². The van der Waals surface area contributed by atoms with Gasteiger partial charge in [-0.2, -0.15) is 0 Å². The van der Waals surface area contributed by atoms with Gasteiger partial charge in [0.15, 0.2) is 23.3 Å². The molecule has 0 aromatic heterocycles. The van der Waals surface area contributed by atoms with E-state index < -0.39 is 34.7 Å². The van der Waals surface area contributed by atoms with Crippen molar-refractivity contribution < 1.29 is 27.2 Å².